The first-order chi connectivity index (χ1) is 19.3. The first kappa shape index (κ1) is 43.1. The van der Waals surface area contributed by atoms with E-state index >= 15 is 0 Å². The molecule has 0 amide bonds. The molecular formula is C39H69NO. The molecule has 0 atom stereocenters. The molecule has 236 valence electrons. The predicted molar refractivity (Wildman–Crippen MR) is 191 cm³/mol. The molecule has 0 aromatic heterocycles. The highest BCUT2D eigenvalue weighted by atomic mass is 16.5. The van der Waals surface area contributed by atoms with Crippen molar-refractivity contribution in [1.82, 2.24) is 0 Å². The van der Waals surface area contributed by atoms with Crippen molar-refractivity contribution in [3.63, 3.8) is 0 Å². The summed E-state index contributed by atoms with van der Waals surface area (Å²) >= 11 is 0. The number of para-hydroxylation sites is 1. The minimum atomic E-state index is 0. The highest BCUT2D eigenvalue weighted by molar-refractivity contribution is 5.83. The van der Waals surface area contributed by atoms with Gasteiger partial charge in [0.25, 0.3) is 0 Å². The average Bonchev–Trinajstić information content (AvgIpc) is 2.95. The molecule has 0 fully saturated rings. The summed E-state index contributed by atoms with van der Waals surface area (Å²) < 4.78 is 5.13. The molecule has 0 aliphatic heterocycles. The number of unbranched alkanes of at least 4 members (excludes halogenated alkanes) is 6. The van der Waals surface area contributed by atoms with Gasteiger partial charge in [-0.2, -0.15) is 0 Å². The molecule has 1 N–H and O–H groups in total. The number of ether oxygens (including phenoxy) is 1. The van der Waals surface area contributed by atoms with Crippen molar-refractivity contribution in [1.29, 1.82) is 0 Å². The molecule has 0 saturated carbocycles. The van der Waals surface area contributed by atoms with Crippen LogP contribution in [0.1, 0.15) is 142 Å². The van der Waals surface area contributed by atoms with Gasteiger partial charge in [0.15, 0.2) is 0 Å². The van der Waals surface area contributed by atoms with E-state index in [1.807, 2.05) is 12.1 Å². The number of benzene rings is 2. The molecule has 2 rings (SSSR count). The van der Waals surface area contributed by atoms with Crippen LogP contribution in [-0.4, -0.2) is 13.2 Å². The molecule has 2 nitrogen and oxygen atoms in total. The van der Waals surface area contributed by atoms with Gasteiger partial charge in [-0.15, -0.1) is 0 Å². The molecule has 0 radical (unpaired) electrons. The van der Waals surface area contributed by atoms with Crippen molar-refractivity contribution in [3.8, 4) is 0 Å². The molecule has 2 aromatic rings. The molecule has 41 heavy (non-hydrogen) atoms. The third-order valence-electron chi connectivity index (χ3n) is 6.55. The fourth-order valence-electron chi connectivity index (χ4n) is 3.90. The number of allylic oxidation sites excluding steroid dienone is 2. The van der Waals surface area contributed by atoms with Gasteiger partial charge in [-0.05, 0) is 68.9 Å². The van der Waals surface area contributed by atoms with Crippen LogP contribution in [0.4, 0.5) is 5.69 Å². The summed E-state index contributed by atoms with van der Waals surface area (Å²) in [6.45, 7) is 27.7. The minimum absolute atomic E-state index is 0. The maximum Gasteiger partial charge on any atom is 0.0463 e. The lowest BCUT2D eigenvalue weighted by Gasteiger charge is -2.17. The van der Waals surface area contributed by atoms with Crippen LogP contribution in [0.5, 0.6) is 0 Å². The third kappa shape index (κ3) is 22.0. The van der Waals surface area contributed by atoms with Crippen molar-refractivity contribution >= 4 is 11.3 Å². The van der Waals surface area contributed by atoms with E-state index in [0.29, 0.717) is 0 Å². The van der Waals surface area contributed by atoms with Crippen LogP contribution in [0.15, 0.2) is 60.8 Å². The van der Waals surface area contributed by atoms with Crippen LogP contribution in [0, 0.1) is 20.8 Å². The molecule has 0 aliphatic rings. The Hall–Kier alpha value is -2.32. The molecule has 0 bridgehead atoms. The zero-order chi connectivity index (χ0) is 30.6. The van der Waals surface area contributed by atoms with Gasteiger partial charge in [-0.3, -0.25) is 0 Å². The second-order valence-electron chi connectivity index (χ2n) is 10.4. The van der Waals surface area contributed by atoms with E-state index in [4.69, 9.17) is 4.74 Å². The normalized spacial score (nSPS) is 10.0. The van der Waals surface area contributed by atoms with E-state index < -0.39 is 0 Å². The van der Waals surface area contributed by atoms with Crippen molar-refractivity contribution in [2.75, 3.05) is 18.5 Å². The predicted octanol–water partition coefficient (Wildman–Crippen LogP) is 13.3. The van der Waals surface area contributed by atoms with Crippen molar-refractivity contribution in [2.24, 2.45) is 0 Å². The largest absolute Gasteiger partial charge is 0.381 e. The SMILES string of the molecule is C.C=C(Nc1ccccc1C)/C(=C/C)c1cccc(C)c1C.CCCCC.CCCCCCC.CCCOCCC. The number of rotatable bonds is 14. The smallest absolute Gasteiger partial charge is 0.0463 e. The fourth-order valence-corrected chi connectivity index (χ4v) is 3.90. The zero-order valence-corrected chi connectivity index (χ0v) is 28.2. The van der Waals surface area contributed by atoms with E-state index in [1.165, 1.54) is 73.6 Å². The lowest BCUT2D eigenvalue weighted by Crippen LogP contribution is -2.04. The number of hydrogen-bond donors (Lipinski definition) is 1. The van der Waals surface area contributed by atoms with Crippen LogP contribution in [-0.2, 0) is 4.74 Å². The summed E-state index contributed by atoms with van der Waals surface area (Å²) in [6.07, 6.45) is 15.5. The van der Waals surface area contributed by atoms with Gasteiger partial charge in [0.1, 0.15) is 0 Å². The summed E-state index contributed by atoms with van der Waals surface area (Å²) in [7, 11) is 0. The van der Waals surface area contributed by atoms with Crippen molar-refractivity contribution < 1.29 is 4.74 Å². The Balaban J connectivity index is -0.000000594. The van der Waals surface area contributed by atoms with Crippen molar-refractivity contribution in [3.05, 3.63) is 83.1 Å². The molecule has 2 aromatic carbocycles. The minimum Gasteiger partial charge on any atom is -0.381 e. The van der Waals surface area contributed by atoms with Gasteiger partial charge >= 0.3 is 0 Å². The topological polar surface area (TPSA) is 21.3 Å². The van der Waals surface area contributed by atoms with Crippen LogP contribution < -0.4 is 5.32 Å². The first-order valence-corrected chi connectivity index (χ1v) is 16.1. The quantitative estimate of drug-likeness (QED) is 0.181. The molecular weight excluding hydrogens is 498 g/mol. The van der Waals surface area contributed by atoms with Gasteiger partial charge in [-0.25, -0.2) is 0 Å². The van der Waals surface area contributed by atoms with E-state index in [1.54, 1.807) is 0 Å². The number of nitrogens with one attached hydrogen (secondary N) is 1. The second kappa shape index (κ2) is 30.6. The van der Waals surface area contributed by atoms with E-state index in [0.717, 1.165) is 43.0 Å². The average molecular weight is 568 g/mol. The lowest BCUT2D eigenvalue weighted by molar-refractivity contribution is 0.135. The van der Waals surface area contributed by atoms with E-state index in [-0.39, 0.29) is 7.43 Å². The van der Waals surface area contributed by atoms with Crippen LogP contribution >= 0.6 is 0 Å². The van der Waals surface area contributed by atoms with Crippen LogP contribution in [0.25, 0.3) is 5.57 Å². The van der Waals surface area contributed by atoms with E-state index in [9.17, 15) is 0 Å². The van der Waals surface area contributed by atoms with Gasteiger partial charge in [-0.1, -0.05) is 149 Å². The Morgan fingerprint density at radius 2 is 1.20 bits per heavy atom. The summed E-state index contributed by atoms with van der Waals surface area (Å²) in [5, 5.41) is 3.44. The molecule has 0 spiro atoms. The van der Waals surface area contributed by atoms with Gasteiger partial charge in [0.05, 0.1) is 0 Å². The zero-order valence-electron chi connectivity index (χ0n) is 28.2. The van der Waals surface area contributed by atoms with Gasteiger partial charge in [0.2, 0.25) is 0 Å². The Morgan fingerprint density at radius 3 is 1.63 bits per heavy atom. The standard InChI is InChI=1S/C20H23N.C7H16.C6H14O.C5H12.CH4/c1-6-18(19-12-9-11-14(2)16(19)4)17(5)21-20-13-8-7-10-15(20)3;2*1-3-5-7-6-4-2;1-3-5-4-2;/h6-13,21H,5H2,1-4H3;3-7H2,1-2H3;3-6H2,1-2H3;3-5H2,1-2H3;1H4/b18-6-;;;;. The monoisotopic (exact) mass is 568 g/mol. The summed E-state index contributed by atoms with van der Waals surface area (Å²) in [4.78, 5) is 0. The second-order valence-corrected chi connectivity index (χ2v) is 10.4. The molecule has 2 heteroatoms. The number of anilines is 1. The Kier molecular flexibility index (Phi) is 32.2. The maximum atomic E-state index is 5.13. The molecule has 0 aliphatic carbocycles. The van der Waals surface area contributed by atoms with Crippen molar-refractivity contribution in [2.45, 2.75) is 141 Å². The summed E-state index contributed by atoms with van der Waals surface area (Å²) in [5.41, 5.74) is 8.25. The summed E-state index contributed by atoms with van der Waals surface area (Å²) in [5.74, 6) is 0. The fraction of sp³-hybridized carbons (Fsp3) is 0.590. The Bertz CT molecular complexity index is 876. The highest BCUT2D eigenvalue weighted by Crippen LogP contribution is 2.28. The maximum absolute atomic E-state index is 5.13. The lowest BCUT2D eigenvalue weighted by atomic mass is 9.95. The Morgan fingerprint density at radius 1 is 0.683 bits per heavy atom. The number of hydrogen-bond acceptors (Lipinski definition) is 2. The van der Waals surface area contributed by atoms with Crippen LogP contribution in [0.2, 0.25) is 0 Å². The Labute approximate surface area is 258 Å². The van der Waals surface area contributed by atoms with Gasteiger partial charge < -0.3 is 10.1 Å². The highest BCUT2D eigenvalue weighted by Gasteiger charge is 2.10. The third-order valence-corrected chi connectivity index (χ3v) is 6.55. The first-order valence-electron chi connectivity index (χ1n) is 16.1. The van der Waals surface area contributed by atoms with Crippen LogP contribution in [0.3, 0.4) is 0 Å². The molecule has 0 saturated heterocycles. The molecule has 0 heterocycles. The summed E-state index contributed by atoms with van der Waals surface area (Å²) in [6, 6.07) is 14.7. The number of aryl methyl sites for hydroxylation is 2. The van der Waals surface area contributed by atoms with E-state index in [2.05, 4.69) is 118 Å². The molecule has 0 unspecified atom stereocenters. The van der Waals surface area contributed by atoms with Gasteiger partial charge in [0, 0.05) is 30.2 Å².